The second-order valence-corrected chi connectivity index (χ2v) is 8.31. The number of halogens is 6. The summed E-state index contributed by atoms with van der Waals surface area (Å²) >= 11 is 0. The maximum absolute atomic E-state index is 15.2. The second-order valence-electron chi connectivity index (χ2n) is 8.31. The topological polar surface area (TPSA) is 0 Å². The third-order valence-corrected chi connectivity index (χ3v) is 6.03. The van der Waals surface area contributed by atoms with Gasteiger partial charge >= 0.3 is 0 Å². The highest BCUT2D eigenvalue weighted by atomic mass is 19.2. The molecule has 0 saturated carbocycles. The molecule has 0 aromatic heterocycles. The van der Waals surface area contributed by atoms with Crippen molar-refractivity contribution in [3.8, 4) is 11.1 Å². The smallest absolute Gasteiger partial charge is 0.159 e. The summed E-state index contributed by atoms with van der Waals surface area (Å²) in [5.74, 6) is -5.59. The van der Waals surface area contributed by atoms with Crippen molar-refractivity contribution in [1.82, 2.24) is 0 Å². The maximum atomic E-state index is 15.2. The molecule has 0 radical (unpaired) electrons. The Morgan fingerprint density at radius 3 is 2.06 bits per heavy atom. The number of fused-ring (bicyclic) bond motifs is 1. The minimum atomic E-state index is -1.21. The number of aryl methyl sites for hydroxylation is 1. The molecule has 0 unspecified atom stereocenters. The average molecular weight is 460 g/mol. The summed E-state index contributed by atoms with van der Waals surface area (Å²) in [6, 6.07) is 6.33. The van der Waals surface area contributed by atoms with Gasteiger partial charge in [0.2, 0.25) is 0 Å². The minimum Gasteiger partial charge on any atom is -0.206 e. The fourth-order valence-corrected chi connectivity index (χ4v) is 4.35. The van der Waals surface area contributed by atoms with Gasteiger partial charge in [-0.25, -0.2) is 26.3 Å². The fraction of sp³-hybridized carbons (Fsp3) is 0.259. The zero-order valence-electron chi connectivity index (χ0n) is 18.1. The van der Waals surface area contributed by atoms with E-state index in [9.17, 15) is 22.0 Å². The van der Waals surface area contributed by atoms with Crippen LogP contribution in [0.1, 0.15) is 54.9 Å². The van der Waals surface area contributed by atoms with Crippen molar-refractivity contribution in [2.45, 2.75) is 45.4 Å². The van der Waals surface area contributed by atoms with Gasteiger partial charge in [0.1, 0.15) is 23.3 Å². The van der Waals surface area contributed by atoms with Crippen LogP contribution < -0.4 is 0 Å². The van der Waals surface area contributed by atoms with Crippen molar-refractivity contribution in [2.24, 2.45) is 0 Å². The van der Waals surface area contributed by atoms with Crippen molar-refractivity contribution < 1.29 is 26.3 Å². The van der Waals surface area contributed by atoms with Gasteiger partial charge in [-0.05, 0) is 83.8 Å². The molecule has 0 spiro atoms. The highest BCUT2D eigenvalue weighted by Crippen LogP contribution is 2.38. The highest BCUT2D eigenvalue weighted by Gasteiger charge is 2.25. The van der Waals surface area contributed by atoms with Crippen LogP contribution in [-0.2, 0) is 12.8 Å². The quantitative estimate of drug-likeness (QED) is 0.256. The first kappa shape index (κ1) is 23.1. The first-order valence-corrected chi connectivity index (χ1v) is 10.9. The zero-order chi connectivity index (χ0) is 23.7. The van der Waals surface area contributed by atoms with E-state index in [1.54, 1.807) is 0 Å². The lowest BCUT2D eigenvalue weighted by molar-refractivity contribution is 0.508. The van der Waals surface area contributed by atoms with Crippen molar-refractivity contribution in [1.29, 1.82) is 0 Å². The van der Waals surface area contributed by atoms with Gasteiger partial charge in [-0.2, -0.15) is 0 Å². The predicted molar refractivity (Wildman–Crippen MR) is 117 cm³/mol. The number of rotatable bonds is 6. The van der Waals surface area contributed by atoms with Gasteiger partial charge in [0.05, 0.1) is 5.56 Å². The summed E-state index contributed by atoms with van der Waals surface area (Å²) in [6.45, 7) is 2.05. The molecule has 3 aromatic rings. The molecule has 0 bridgehead atoms. The lowest BCUT2D eigenvalue weighted by atomic mass is 9.85. The van der Waals surface area contributed by atoms with Crippen LogP contribution >= 0.6 is 0 Å². The van der Waals surface area contributed by atoms with Crippen LogP contribution in [0.2, 0.25) is 0 Å². The molecule has 6 heteroatoms. The molecule has 1 aliphatic rings. The normalized spacial score (nSPS) is 13.1. The summed E-state index contributed by atoms with van der Waals surface area (Å²) in [5.41, 5.74) is 0.449. The lowest BCUT2D eigenvalue weighted by Crippen LogP contribution is -2.08. The van der Waals surface area contributed by atoms with E-state index in [2.05, 4.69) is 0 Å². The van der Waals surface area contributed by atoms with Crippen molar-refractivity contribution in [3.05, 3.63) is 93.6 Å². The molecule has 33 heavy (non-hydrogen) atoms. The Labute approximate surface area is 188 Å². The van der Waals surface area contributed by atoms with Gasteiger partial charge in [-0.1, -0.05) is 31.9 Å². The summed E-state index contributed by atoms with van der Waals surface area (Å²) in [6.07, 6.45) is 5.00. The van der Waals surface area contributed by atoms with Crippen LogP contribution in [0.25, 0.3) is 22.8 Å². The first-order valence-electron chi connectivity index (χ1n) is 10.9. The summed E-state index contributed by atoms with van der Waals surface area (Å²) in [5, 5.41) is 0. The molecule has 0 nitrogen and oxygen atoms in total. The van der Waals surface area contributed by atoms with Gasteiger partial charge in [0.25, 0.3) is 0 Å². The Bertz CT molecular complexity index is 1220. The van der Waals surface area contributed by atoms with E-state index in [-0.39, 0.29) is 35.1 Å². The third-order valence-electron chi connectivity index (χ3n) is 6.03. The van der Waals surface area contributed by atoms with Crippen LogP contribution in [0.5, 0.6) is 0 Å². The van der Waals surface area contributed by atoms with E-state index in [4.69, 9.17) is 0 Å². The standard InChI is InChI=1S/C27H22F6/c1-2-3-4-5-15-10-22(30)25(23(31)11-15)16-6-8-19-18(12-16)14-24(32)26(27(19)33)17-7-9-20(28)21(29)13-17/h7,9-14H,2-6,8H2,1H3. The Kier molecular flexibility index (Phi) is 6.63. The van der Waals surface area contributed by atoms with Crippen LogP contribution in [0.15, 0.2) is 36.4 Å². The van der Waals surface area contributed by atoms with Crippen molar-refractivity contribution in [2.75, 3.05) is 0 Å². The lowest BCUT2D eigenvalue weighted by Gasteiger charge is -2.21. The summed E-state index contributed by atoms with van der Waals surface area (Å²) in [7, 11) is 0. The van der Waals surface area contributed by atoms with Crippen LogP contribution in [0.4, 0.5) is 26.3 Å². The Morgan fingerprint density at radius 1 is 0.697 bits per heavy atom. The van der Waals surface area contributed by atoms with Crippen molar-refractivity contribution >= 4 is 11.6 Å². The predicted octanol–water partition coefficient (Wildman–Crippen LogP) is 8.41. The molecule has 0 saturated heterocycles. The Morgan fingerprint density at radius 2 is 1.39 bits per heavy atom. The van der Waals surface area contributed by atoms with Gasteiger partial charge in [-0.15, -0.1) is 0 Å². The minimum absolute atomic E-state index is 0.0844. The molecule has 0 fully saturated rings. The number of hydrogen-bond acceptors (Lipinski definition) is 0. The van der Waals surface area contributed by atoms with E-state index in [1.807, 2.05) is 6.92 Å². The zero-order valence-corrected chi connectivity index (χ0v) is 18.1. The monoisotopic (exact) mass is 460 g/mol. The van der Waals surface area contributed by atoms with E-state index in [0.717, 1.165) is 43.5 Å². The summed E-state index contributed by atoms with van der Waals surface area (Å²) < 4.78 is 86.4. The molecule has 0 N–H and O–H groups in total. The van der Waals surface area contributed by atoms with E-state index in [0.29, 0.717) is 17.6 Å². The maximum Gasteiger partial charge on any atom is 0.159 e. The molecule has 0 amide bonds. The molecule has 1 aliphatic carbocycles. The molecule has 4 rings (SSSR count). The van der Waals surface area contributed by atoms with Gasteiger partial charge in [0, 0.05) is 5.56 Å². The summed E-state index contributed by atoms with van der Waals surface area (Å²) in [4.78, 5) is 0. The molecule has 0 atom stereocenters. The molecule has 3 aromatic carbocycles. The van der Waals surface area contributed by atoms with Crippen molar-refractivity contribution in [3.63, 3.8) is 0 Å². The van der Waals surface area contributed by atoms with Gasteiger partial charge in [-0.3, -0.25) is 0 Å². The highest BCUT2D eigenvalue weighted by molar-refractivity contribution is 5.86. The van der Waals surface area contributed by atoms with E-state index in [1.165, 1.54) is 18.2 Å². The Hall–Kier alpha value is -3.02. The van der Waals surface area contributed by atoms with Crippen LogP contribution in [0.3, 0.4) is 0 Å². The molecular formula is C27H22F6. The van der Waals surface area contributed by atoms with E-state index < -0.39 is 40.5 Å². The number of benzene rings is 3. The molecule has 0 heterocycles. The first-order chi connectivity index (χ1) is 15.8. The van der Waals surface area contributed by atoms with Crippen LogP contribution in [0, 0.1) is 34.9 Å². The molecule has 0 aliphatic heterocycles. The average Bonchev–Trinajstić information content (AvgIpc) is 2.76. The largest absolute Gasteiger partial charge is 0.206 e. The molecule has 172 valence electrons. The van der Waals surface area contributed by atoms with E-state index >= 15 is 4.39 Å². The number of hydrogen-bond donors (Lipinski definition) is 0. The molecular weight excluding hydrogens is 438 g/mol. The SMILES string of the molecule is CCCCCc1cc(F)c(C2=Cc3cc(F)c(-c4ccc(F)c(F)c4)c(F)c3CC2)c(F)c1. The fourth-order valence-electron chi connectivity index (χ4n) is 4.35. The van der Waals surface area contributed by atoms with Crippen LogP contribution in [-0.4, -0.2) is 0 Å². The third kappa shape index (κ3) is 4.56. The number of allylic oxidation sites excluding steroid dienone is 1. The number of unbranched alkanes of at least 4 members (excludes halogenated alkanes) is 2. The van der Waals surface area contributed by atoms with Gasteiger partial charge < -0.3 is 0 Å². The Balaban J connectivity index is 1.72. The van der Waals surface area contributed by atoms with Gasteiger partial charge in [0.15, 0.2) is 11.6 Å². The second kappa shape index (κ2) is 9.46.